The molecule has 0 radical (unpaired) electrons. The van der Waals surface area contributed by atoms with Gasteiger partial charge < -0.3 is 15.4 Å². The molecule has 2 aromatic carbocycles. The molecule has 0 spiro atoms. The molecule has 1 heterocycles. The Morgan fingerprint density at radius 1 is 1.06 bits per heavy atom. The van der Waals surface area contributed by atoms with Gasteiger partial charge in [-0.15, -0.1) is 11.3 Å². The summed E-state index contributed by atoms with van der Waals surface area (Å²) in [5, 5.41) is 15.5. The van der Waals surface area contributed by atoms with E-state index in [1.807, 2.05) is 60.7 Å². The number of carbonyl (C=O) groups excluding carboxylic acids is 2. The molecule has 6 nitrogen and oxygen atoms in total. The summed E-state index contributed by atoms with van der Waals surface area (Å²) in [6.07, 6.45) is 0. The van der Waals surface area contributed by atoms with Crippen LogP contribution in [0.15, 0.2) is 60.7 Å². The highest BCUT2D eigenvalue weighted by molar-refractivity contribution is 7.80. The first-order valence-corrected chi connectivity index (χ1v) is 10.5. The van der Waals surface area contributed by atoms with Gasteiger partial charge in [0.2, 0.25) is 5.91 Å². The van der Waals surface area contributed by atoms with E-state index in [0.717, 1.165) is 22.5 Å². The number of thiophene rings is 1. The lowest BCUT2D eigenvalue weighted by atomic mass is 9.90. The zero-order valence-electron chi connectivity index (χ0n) is 16.8. The van der Waals surface area contributed by atoms with Gasteiger partial charge in [-0.2, -0.15) is 5.26 Å². The summed E-state index contributed by atoms with van der Waals surface area (Å²) < 4.78 is 4.76. The second kappa shape index (κ2) is 9.98. The highest BCUT2D eigenvalue weighted by atomic mass is 32.1. The SMILES string of the molecule is COC(=O)c1sc(NC(=S)NC(=O)C(c2ccccc2)c2ccccc2)c(C#N)c1C. The van der Waals surface area contributed by atoms with E-state index < -0.39 is 11.9 Å². The zero-order valence-corrected chi connectivity index (χ0v) is 18.5. The molecule has 1 amide bonds. The van der Waals surface area contributed by atoms with Crippen LogP contribution in [0.3, 0.4) is 0 Å². The first-order valence-electron chi connectivity index (χ1n) is 9.29. The third kappa shape index (κ3) is 4.97. The van der Waals surface area contributed by atoms with Crippen LogP contribution < -0.4 is 10.6 Å². The lowest BCUT2D eigenvalue weighted by Gasteiger charge is -2.18. The molecule has 156 valence electrons. The summed E-state index contributed by atoms with van der Waals surface area (Å²) in [6.45, 7) is 1.66. The molecule has 3 aromatic rings. The number of ether oxygens (including phenoxy) is 1. The van der Waals surface area contributed by atoms with Gasteiger partial charge in [-0.1, -0.05) is 60.7 Å². The second-order valence-corrected chi connectivity index (χ2v) is 7.99. The van der Waals surface area contributed by atoms with E-state index in [0.29, 0.717) is 15.4 Å². The Kier molecular flexibility index (Phi) is 7.13. The molecule has 0 fully saturated rings. The summed E-state index contributed by atoms with van der Waals surface area (Å²) in [6, 6.07) is 20.9. The standard InChI is InChI=1S/C23H19N3O3S2/c1-14-17(13-24)21(31-19(14)22(28)29-2)26-23(30)25-20(27)18(15-9-5-3-6-10-15)16-11-7-4-8-12-16/h3-12,18H,1-2H3,(H2,25,26,27,30). The minimum Gasteiger partial charge on any atom is -0.465 e. The number of esters is 1. The minimum atomic E-state index is -0.562. The molecule has 0 aliphatic carbocycles. The van der Waals surface area contributed by atoms with E-state index >= 15 is 0 Å². The van der Waals surface area contributed by atoms with Crippen molar-refractivity contribution < 1.29 is 14.3 Å². The number of nitrogens with zero attached hydrogens (tertiary/aromatic N) is 1. The predicted molar refractivity (Wildman–Crippen MR) is 124 cm³/mol. The Morgan fingerprint density at radius 3 is 2.10 bits per heavy atom. The predicted octanol–water partition coefficient (Wildman–Crippen LogP) is 4.36. The number of methoxy groups -OCH3 is 1. The van der Waals surface area contributed by atoms with E-state index in [1.165, 1.54) is 7.11 Å². The van der Waals surface area contributed by atoms with Crippen molar-refractivity contribution in [3.63, 3.8) is 0 Å². The first-order chi connectivity index (χ1) is 15.0. The lowest BCUT2D eigenvalue weighted by Crippen LogP contribution is -2.37. The molecule has 1 aromatic heterocycles. The molecule has 2 N–H and O–H groups in total. The summed E-state index contributed by atoms with van der Waals surface area (Å²) in [5.74, 6) is -1.40. The Labute approximate surface area is 189 Å². The number of carbonyl (C=O) groups is 2. The highest BCUT2D eigenvalue weighted by Crippen LogP contribution is 2.33. The average molecular weight is 450 g/mol. The van der Waals surface area contributed by atoms with Crippen molar-refractivity contribution in [2.75, 3.05) is 12.4 Å². The van der Waals surface area contributed by atoms with Gasteiger partial charge >= 0.3 is 5.97 Å². The van der Waals surface area contributed by atoms with E-state index in [9.17, 15) is 14.9 Å². The van der Waals surface area contributed by atoms with Crippen LogP contribution in [-0.2, 0) is 9.53 Å². The fraction of sp³-hybridized carbons (Fsp3) is 0.130. The summed E-state index contributed by atoms with van der Waals surface area (Å²) in [5.41, 5.74) is 2.44. The number of thiocarbonyl (C=S) groups is 1. The first kappa shape index (κ1) is 22.2. The van der Waals surface area contributed by atoms with Crippen LogP contribution in [0.2, 0.25) is 0 Å². The van der Waals surface area contributed by atoms with Crippen LogP contribution in [0.1, 0.15) is 37.8 Å². The van der Waals surface area contributed by atoms with E-state index in [1.54, 1.807) is 6.92 Å². The van der Waals surface area contributed by atoms with Crippen LogP contribution in [0, 0.1) is 18.3 Å². The number of hydrogen-bond acceptors (Lipinski definition) is 6. The fourth-order valence-electron chi connectivity index (χ4n) is 3.13. The molecule has 0 bridgehead atoms. The van der Waals surface area contributed by atoms with Crippen molar-refractivity contribution in [1.29, 1.82) is 5.26 Å². The minimum absolute atomic E-state index is 0.0380. The molecular weight excluding hydrogens is 430 g/mol. The number of anilines is 1. The second-order valence-electron chi connectivity index (χ2n) is 6.56. The number of rotatable bonds is 5. The highest BCUT2D eigenvalue weighted by Gasteiger charge is 2.25. The molecule has 8 heteroatoms. The van der Waals surface area contributed by atoms with Crippen LogP contribution in [0.5, 0.6) is 0 Å². The number of nitrogens with one attached hydrogen (secondary N) is 2. The van der Waals surface area contributed by atoms with E-state index in [-0.39, 0.29) is 16.6 Å². The van der Waals surface area contributed by atoms with Gasteiger partial charge in [-0.05, 0) is 35.8 Å². The Hall–Kier alpha value is -3.54. The largest absolute Gasteiger partial charge is 0.465 e. The molecule has 3 rings (SSSR count). The lowest BCUT2D eigenvalue weighted by molar-refractivity contribution is -0.120. The smallest absolute Gasteiger partial charge is 0.348 e. The van der Waals surface area contributed by atoms with Crippen LogP contribution in [0.25, 0.3) is 0 Å². The summed E-state index contributed by atoms with van der Waals surface area (Å²) in [4.78, 5) is 25.4. The molecule has 0 saturated carbocycles. The normalized spacial score (nSPS) is 10.3. The third-order valence-electron chi connectivity index (χ3n) is 4.62. The number of hydrogen-bond donors (Lipinski definition) is 2. The van der Waals surface area contributed by atoms with Crippen molar-refractivity contribution in [2.24, 2.45) is 0 Å². The van der Waals surface area contributed by atoms with Crippen LogP contribution in [0.4, 0.5) is 5.00 Å². The van der Waals surface area contributed by atoms with Crippen LogP contribution >= 0.6 is 23.6 Å². The topological polar surface area (TPSA) is 91.2 Å². The monoisotopic (exact) mass is 449 g/mol. The van der Waals surface area contributed by atoms with E-state index in [4.69, 9.17) is 17.0 Å². The van der Waals surface area contributed by atoms with Gasteiger partial charge in [0.1, 0.15) is 15.9 Å². The number of amides is 1. The quantitative estimate of drug-likeness (QED) is 0.444. The van der Waals surface area contributed by atoms with Crippen molar-refractivity contribution in [2.45, 2.75) is 12.8 Å². The Balaban J connectivity index is 1.83. The molecular formula is C23H19N3O3S2. The molecule has 31 heavy (non-hydrogen) atoms. The van der Waals surface area contributed by atoms with Crippen molar-refractivity contribution in [3.8, 4) is 6.07 Å². The molecule has 0 atom stereocenters. The molecule has 0 saturated heterocycles. The van der Waals surface area contributed by atoms with Gasteiger partial charge in [0.25, 0.3) is 0 Å². The number of nitriles is 1. The van der Waals surface area contributed by atoms with Gasteiger partial charge in [-0.25, -0.2) is 4.79 Å². The van der Waals surface area contributed by atoms with E-state index in [2.05, 4.69) is 16.7 Å². The van der Waals surface area contributed by atoms with Crippen LogP contribution in [-0.4, -0.2) is 24.1 Å². The van der Waals surface area contributed by atoms with Crippen molar-refractivity contribution in [3.05, 3.63) is 87.8 Å². The molecule has 0 aliphatic heterocycles. The molecule has 0 aliphatic rings. The fourth-order valence-corrected chi connectivity index (χ4v) is 4.48. The zero-order chi connectivity index (χ0) is 22.4. The molecule has 0 unspecified atom stereocenters. The number of benzene rings is 2. The van der Waals surface area contributed by atoms with Gasteiger partial charge in [0.05, 0.1) is 18.6 Å². The van der Waals surface area contributed by atoms with Gasteiger partial charge in [0.15, 0.2) is 5.11 Å². The average Bonchev–Trinajstić information content (AvgIpc) is 3.09. The van der Waals surface area contributed by atoms with Crippen molar-refractivity contribution >= 4 is 45.5 Å². The maximum absolute atomic E-state index is 13.2. The third-order valence-corrected chi connectivity index (χ3v) is 6.01. The van der Waals surface area contributed by atoms with Gasteiger partial charge in [0, 0.05) is 0 Å². The maximum atomic E-state index is 13.2. The maximum Gasteiger partial charge on any atom is 0.348 e. The van der Waals surface area contributed by atoms with Gasteiger partial charge in [-0.3, -0.25) is 4.79 Å². The van der Waals surface area contributed by atoms with Crippen molar-refractivity contribution in [1.82, 2.24) is 5.32 Å². The Bertz CT molecular complexity index is 1110. The summed E-state index contributed by atoms with van der Waals surface area (Å²) >= 11 is 6.38. The summed E-state index contributed by atoms with van der Waals surface area (Å²) in [7, 11) is 1.28. The Morgan fingerprint density at radius 2 is 1.61 bits per heavy atom.